The quantitative estimate of drug-likeness (QED) is 0.865. The molecule has 1 aromatic rings. The molecule has 2 heterocycles. The fourth-order valence-corrected chi connectivity index (χ4v) is 2.46. The van der Waals surface area contributed by atoms with E-state index in [1.807, 2.05) is 6.92 Å². The van der Waals surface area contributed by atoms with Crippen molar-refractivity contribution < 1.29 is 14.6 Å². The van der Waals surface area contributed by atoms with Gasteiger partial charge in [-0.15, -0.1) is 0 Å². The van der Waals surface area contributed by atoms with Crippen LogP contribution in [0.1, 0.15) is 31.6 Å². The summed E-state index contributed by atoms with van der Waals surface area (Å²) in [5.74, 6) is -0.121. The van der Waals surface area contributed by atoms with Crippen molar-refractivity contribution in [2.24, 2.45) is 5.92 Å². The predicted molar refractivity (Wildman–Crippen MR) is 70.0 cm³/mol. The van der Waals surface area contributed by atoms with Crippen molar-refractivity contribution in [2.45, 2.75) is 32.0 Å². The molecule has 5 heteroatoms. The van der Waals surface area contributed by atoms with Gasteiger partial charge in [-0.05, 0) is 30.9 Å². The predicted octanol–water partition coefficient (Wildman–Crippen LogP) is 1.35. The van der Waals surface area contributed by atoms with E-state index in [-0.39, 0.29) is 12.0 Å². The van der Waals surface area contributed by atoms with E-state index in [0.717, 1.165) is 32.3 Å². The van der Waals surface area contributed by atoms with Crippen LogP contribution < -0.4 is 0 Å². The van der Waals surface area contributed by atoms with Crippen molar-refractivity contribution in [3.05, 3.63) is 29.8 Å². The second-order valence-electron chi connectivity index (χ2n) is 5.34. The van der Waals surface area contributed by atoms with Crippen molar-refractivity contribution in [3.63, 3.8) is 0 Å². The van der Waals surface area contributed by atoms with Crippen LogP contribution in [0.4, 0.5) is 4.39 Å². The van der Waals surface area contributed by atoms with E-state index in [2.05, 4.69) is 9.88 Å². The van der Waals surface area contributed by atoms with E-state index in [1.165, 1.54) is 12.1 Å². The Morgan fingerprint density at radius 3 is 2.95 bits per heavy atom. The van der Waals surface area contributed by atoms with Gasteiger partial charge in [0.1, 0.15) is 5.82 Å². The summed E-state index contributed by atoms with van der Waals surface area (Å²) < 4.78 is 12.7. The first kappa shape index (κ1) is 14.4. The fraction of sp³-hybridized carbons (Fsp3) is 0.643. The molecule has 1 fully saturated rings. The second kappa shape index (κ2) is 6.41. The Morgan fingerprint density at radius 2 is 2.32 bits per heavy atom. The molecule has 0 radical (unpaired) electrons. The first-order chi connectivity index (χ1) is 9.06. The van der Waals surface area contributed by atoms with E-state index in [0.29, 0.717) is 12.1 Å². The van der Waals surface area contributed by atoms with Gasteiger partial charge in [-0.3, -0.25) is 4.98 Å². The number of aromatic nitrogens is 1. The molecule has 3 atom stereocenters. The molecule has 19 heavy (non-hydrogen) atoms. The number of nitrogens with zero attached hydrogens (tertiary/aromatic N) is 2. The molecular formula is C14H21FN2O2. The third kappa shape index (κ3) is 3.96. The number of piperidine rings is 1. The molecule has 2 N–H and O–H groups in total. The van der Waals surface area contributed by atoms with Crippen molar-refractivity contribution in [1.29, 1.82) is 0 Å². The summed E-state index contributed by atoms with van der Waals surface area (Å²) in [5, 5.41) is 19.7. The smallest absolute Gasteiger partial charge is 0.141 e. The minimum atomic E-state index is -0.664. The summed E-state index contributed by atoms with van der Waals surface area (Å²) in [4.78, 5) is 6.13. The van der Waals surface area contributed by atoms with Crippen LogP contribution in [0.3, 0.4) is 0 Å². The molecule has 0 spiro atoms. The minimum absolute atomic E-state index is 0.208. The van der Waals surface area contributed by atoms with E-state index in [9.17, 15) is 14.6 Å². The first-order valence-electron chi connectivity index (χ1n) is 6.76. The van der Waals surface area contributed by atoms with Gasteiger partial charge in [-0.1, -0.05) is 6.92 Å². The average molecular weight is 268 g/mol. The molecule has 0 aromatic carbocycles. The lowest BCUT2D eigenvalue weighted by Crippen LogP contribution is -2.42. The molecule has 2 rings (SSSR count). The SMILES string of the molecule is CC1CN(CCC(O)c2ccc(F)cn2)CCC1O. The number of hydrogen-bond donors (Lipinski definition) is 2. The monoisotopic (exact) mass is 268 g/mol. The highest BCUT2D eigenvalue weighted by Crippen LogP contribution is 2.19. The van der Waals surface area contributed by atoms with Crippen LogP contribution in [0.5, 0.6) is 0 Å². The highest BCUT2D eigenvalue weighted by Gasteiger charge is 2.24. The van der Waals surface area contributed by atoms with E-state index < -0.39 is 11.9 Å². The van der Waals surface area contributed by atoms with Crippen LogP contribution in [0, 0.1) is 11.7 Å². The van der Waals surface area contributed by atoms with Crippen molar-refractivity contribution in [2.75, 3.05) is 19.6 Å². The molecule has 1 aliphatic heterocycles. The van der Waals surface area contributed by atoms with Crippen LogP contribution in [0.25, 0.3) is 0 Å². The molecule has 0 aliphatic carbocycles. The maximum Gasteiger partial charge on any atom is 0.141 e. The normalized spacial score (nSPS) is 26.3. The summed E-state index contributed by atoms with van der Waals surface area (Å²) in [7, 11) is 0. The van der Waals surface area contributed by atoms with Gasteiger partial charge >= 0.3 is 0 Å². The molecule has 106 valence electrons. The van der Waals surface area contributed by atoms with Gasteiger partial charge in [-0.25, -0.2) is 4.39 Å². The zero-order valence-electron chi connectivity index (χ0n) is 11.2. The number of aliphatic hydroxyl groups is 2. The number of hydrogen-bond acceptors (Lipinski definition) is 4. The van der Waals surface area contributed by atoms with Gasteiger partial charge in [0.05, 0.1) is 24.1 Å². The third-order valence-corrected chi connectivity index (χ3v) is 3.75. The number of pyridine rings is 1. The van der Waals surface area contributed by atoms with Gasteiger partial charge in [0, 0.05) is 19.6 Å². The summed E-state index contributed by atoms with van der Waals surface area (Å²) in [6, 6.07) is 2.83. The lowest BCUT2D eigenvalue weighted by atomic mass is 9.96. The topological polar surface area (TPSA) is 56.6 Å². The van der Waals surface area contributed by atoms with Crippen LogP contribution in [0.15, 0.2) is 18.3 Å². The molecule has 1 saturated heterocycles. The van der Waals surface area contributed by atoms with Gasteiger partial charge in [-0.2, -0.15) is 0 Å². The van der Waals surface area contributed by atoms with Crippen molar-refractivity contribution in [3.8, 4) is 0 Å². The molecule has 0 bridgehead atoms. The van der Waals surface area contributed by atoms with Crippen LogP contribution in [-0.4, -0.2) is 45.8 Å². The Labute approximate surface area is 112 Å². The Kier molecular flexibility index (Phi) is 4.85. The standard InChI is InChI=1S/C14H21FN2O2/c1-10-9-17(6-4-13(10)18)7-5-14(19)12-3-2-11(15)8-16-12/h2-3,8,10,13-14,18-19H,4-7,9H2,1H3. The van der Waals surface area contributed by atoms with Gasteiger partial charge in [0.2, 0.25) is 0 Å². The van der Waals surface area contributed by atoms with Gasteiger partial charge < -0.3 is 15.1 Å². The minimum Gasteiger partial charge on any atom is -0.393 e. The Hall–Kier alpha value is -1.04. The Bertz CT molecular complexity index is 399. The zero-order valence-corrected chi connectivity index (χ0v) is 11.2. The molecule has 0 amide bonds. The van der Waals surface area contributed by atoms with Gasteiger partial charge in [0.25, 0.3) is 0 Å². The molecule has 4 nitrogen and oxygen atoms in total. The first-order valence-corrected chi connectivity index (χ1v) is 6.76. The summed E-state index contributed by atoms with van der Waals surface area (Å²) >= 11 is 0. The highest BCUT2D eigenvalue weighted by molar-refractivity contribution is 5.07. The van der Waals surface area contributed by atoms with Crippen LogP contribution in [-0.2, 0) is 0 Å². The molecule has 3 unspecified atom stereocenters. The van der Waals surface area contributed by atoms with Crippen LogP contribution >= 0.6 is 0 Å². The lowest BCUT2D eigenvalue weighted by molar-refractivity contribution is 0.0285. The van der Waals surface area contributed by atoms with Crippen LogP contribution in [0.2, 0.25) is 0 Å². The number of likely N-dealkylation sites (tertiary alicyclic amines) is 1. The highest BCUT2D eigenvalue weighted by atomic mass is 19.1. The summed E-state index contributed by atoms with van der Waals surface area (Å²) in [5.41, 5.74) is 0.506. The lowest BCUT2D eigenvalue weighted by Gasteiger charge is -2.34. The molecular weight excluding hydrogens is 247 g/mol. The summed E-state index contributed by atoms with van der Waals surface area (Å²) in [6.45, 7) is 4.51. The maximum atomic E-state index is 12.7. The summed E-state index contributed by atoms with van der Waals surface area (Å²) in [6.07, 6.45) is 1.61. The average Bonchev–Trinajstić information content (AvgIpc) is 2.40. The zero-order chi connectivity index (χ0) is 13.8. The number of rotatable bonds is 4. The van der Waals surface area contributed by atoms with Crippen molar-refractivity contribution >= 4 is 0 Å². The molecule has 0 saturated carbocycles. The van der Waals surface area contributed by atoms with E-state index in [1.54, 1.807) is 0 Å². The molecule has 1 aromatic heterocycles. The van der Waals surface area contributed by atoms with E-state index >= 15 is 0 Å². The molecule has 1 aliphatic rings. The van der Waals surface area contributed by atoms with E-state index in [4.69, 9.17) is 0 Å². The maximum absolute atomic E-state index is 12.7. The number of aliphatic hydroxyl groups excluding tert-OH is 2. The fourth-order valence-electron chi connectivity index (χ4n) is 2.46. The largest absolute Gasteiger partial charge is 0.393 e. The second-order valence-corrected chi connectivity index (χ2v) is 5.34. The Balaban J connectivity index is 1.80. The third-order valence-electron chi connectivity index (χ3n) is 3.75. The Morgan fingerprint density at radius 1 is 1.53 bits per heavy atom. The van der Waals surface area contributed by atoms with Crippen molar-refractivity contribution in [1.82, 2.24) is 9.88 Å². The number of halogens is 1. The van der Waals surface area contributed by atoms with Gasteiger partial charge in [0.15, 0.2) is 0 Å².